The van der Waals surface area contributed by atoms with E-state index in [9.17, 15) is 0 Å². The average molecular weight is 115 g/mol. The van der Waals surface area contributed by atoms with Crippen molar-refractivity contribution in [1.82, 2.24) is 10.4 Å². The van der Waals surface area contributed by atoms with Gasteiger partial charge in [0.1, 0.15) is 6.67 Å². The van der Waals surface area contributed by atoms with E-state index in [1.165, 1.54) is 0 Å². The third kappa shape index (κ3) is 2.58. The van der Waals surface area contributed by atoms with Gasteiger partial charge in [-0.15, -0.1) is 0 Å². The quantitative estimate of drug-likeness (QED) is 0.496. The maximum Gasteiger partial charge on any atom is 0.110 e. The standard InChI is InChI=1S/C3H7N3.C2H6/c1-6-3-4-2-5-6;1-2/h2H,3H2,1H3,(H,4,5);1-2H3. The SMILES string of the molecule is CC.CN1CN=CN1. The summed E-state index contributed by atoms with van der Waals surface area (Å²) < 4.78 is 0. The van der Waals surface area contributed by atoms with Gasteiger partial charge in [-0.1, -0.05) is 13.8 Å². The summed E-state index contributed by atoms with van der Waals surface area (Å²) in [5.74, 6) is 0. The van der Waals surface area contributed by atoms with E-state index in [1.807, 2.05) is 25.9 Å². The zero-order valence-electron chi connectivity index (χ0n) is 5.68. The first kappa shape index (κ1) is 7.43. The van der Waals surface area contributed by atoms with Crippen molar-refractivity contribution in [2.45, 2.75) is 13.8 Å². The third-order valence-electron chi connectivity index (χ3n) is 0.663. The highest BCUT2D eigenvalue weighted by atomic mass is 15.5. The number of aliphatic imine (C=N–C) groups is 1. The van der Waals surface area contributed by atoms with E-state index >= 15 is 0 Å². The monoisotopic (exact) mass is 115 g/mol. The Morgan fingerprint density at radius 2 is 2.25 bits per heavy atom. The van der Waals surface area contributed by atoms with E-state index in [4.69, 9.17) is 0 Å². The zero-order chi connectivity index (χ0) is 6.41. The van der Waals surface area contributed by atoms with Crippen LogP contribution >= 0.6 is 0 Å². The van der Waals surface area contributed by atoms with Crippen LogP contribution in [0.5, 0.6) is 0 Å². The molecule has 48 valence electrons. The van der Waals surface area contributed by atoms with Crippen molar-refractivity contribution in [1.29, 1.82) is 0 Å². The number of hydrogen-bond acceptors (Lipinski definition) is 3. The maximum atomic E-state index is 3.85. The van der Waals surface area contributed by atoms with Crippen LogP contribution in [0.15, 0.2) is 4.99 Å². The van der Waals surface area contributed by atoms with Gasteiger partial charge in [0.2, 0.25) is 0 Å². The molecule has 3 heteroatoms. The van der Waals surface area contributed by atoms with Gasteiger partial charge in [0.15, 0.2) is 0 Å². The smallest absolute Gasteiger partial charge is 0.110 e. The molecule has 1 N–H and O–H groups in total. The molecule has 0 atom stereocenters. The number of hydrogen-bond donors (Lipinski definition) is 1. The van der Waals surface area contributed by atoms with Crippen molar-refractivity contribution >= 4 is 6.34 Å². The van der Waals surface area contributed by atoms with Crippen molar-refractivity contribution in [2.75, 3.05) is 13.7 Å². The Morgan fingerprint density at radius 1 is 1.62 bits per heavy atom. The first-order valence-corrected chi connectivity index (χ1v) is 2.85. The van der Waals surface area contributed by atoms with Gasteiger partial charge in [-0.05, 0) is 0 Å². The second-order valence-electron chi connectivity index (χ2n) is 1.28. The van der Waals surface area contributed by atoms with Gasteiger partial charge < -0.3 is 5.43 Å². The molecule has 8 heavy (non-hydrogen) atoms. The fourth-order valence-corrected chi connectivity index (χ4v) is 0.344. The molecule has 0 aromatic heterocycles. The largest absolute Gasteiger partial charge is 0.308 e. The van der Waals surface area contributed by atoms with Crippen LogP contribution in [0.25, 0.3) is 0 Å². The Bertz CT molecular complexity index is 62.1. The first-order chi connectivity index (χ1) is 3.89. The molecule has 1 heterocycles. The normalized spacial score (nSPS) is 16.9. The van der Waals surface area contributed by atoms with E-state index < -0.39 is 0 Å². The molecule has 0 aromatic carbocycles. The highest BCUT2D eigenvalue weighted by Crippen LogP contribution is 1.78. The lowest BCUT2D eigenvalue weighted by Gasteiger charge is -2.02. The molecule has 0 aromatic rings. The highest BCUT2D eigenvalue weighted by molar-refractivity contribution is 5.54. The van der Waals surface area contributed by atoms with Crippen LogP contribution in [0.1, 0.15) is 13.8 Å². The van der Waals surface area contributed by atoms with E-state index in [0.29, 0.717) is 0 Å². The van der Waals surface area contributed by atoms with Crippen molar-refractivity contribution in [3.63, 3.8) is 0 Å². The Kier molecular flexibility index (Phi) is 4.26. The predicted molar refractivity (Wildman–Crippen MR) is 35.6 cm³/mol. The maximum absolute atomic E-state index is 3.85. The third-order valence-corrected chi connectivity index (χ3v) is 0.663. The Morgan fingerprint density at radius 3 is 2.38 bits per heavy atom. The summed E-state index contributed by atoms with van der Waals surface area (Å²) in [5, 5.41) is 1.89. The summed E-state index contributed by atoms with van der Waals surface area (Å²) in [6.07, 6.45) is 1.68. The Labute approximate surface area is 50.4 Å². The molecule has 1 aliphatic heterocycles. The minimum absolute atomic E-state index is 0.778. The molecule has 0 unspecified atom stereocenters. The molecular formula is C5H13N3. The van der Waals surface area contributed by atoms with E-state index in [-0.39, 0.29) is 0 Å². The molecule has 0 fully saturated rings. The Hall–Kier alpha value is -0.570. The molecule has 1 rings (SSSR count). The lowest BCUT2D eigenvalue weighted by atomic mass is 11.0. The molecule has 3 nitrogen and oxygen atoms in total. The molecular weight excluding hydrogens is 102 g/mol. The van der Waals surface area contributed by atoms with Crippen molar-refractivity contribution < 1.29 is 0 Å². The fourth-order valence-electron chi connectivity index (χ4n) is 0.344. The minimum atomic E-state index is 0.778. The van der Waals surface area contributed by atoms with E-state index in [1.54, 1.807) is 6.34 Å². The molecule has 1 aliphatic rings. The lowest BCUT2D eigenvalue weighted by molar-refractivity contribution is 0.333. The average Bonchev–Trinajstić information content (AvgIpc) is 2.24. The molecule has 0 saturated heterocycles. The van der Waals surface area contributed by atoms with Gasteiger partial charge in [0, 0.05) is 7.05 Å². The van der Waals surface area contributed by atoms with Gasteiger partial charge in [-0.25, -0.2) is 5.01 Å². The topological polar surface area (TPSA) is 27.6 Å². The van der Waals surface area contributed by atoms with E-state index in [0.717, 1.165) is 6.67 Å². The number of hydrazine groups is 1. The number of nitrogens with zero attached hydrogens (tertiary/aromatic N) is 2. The Balaban J connectivity index is 0.000000222. The summed E-state index contributed by atoms with van der Waals surface area (Å²) in [6.45, 7) is 4.78. The second kappa shape index (κ2) is 4.59. The van der Waals surface area contributed by atoms with Crippen LogP contribution in [-0.4, -0.2) is 25.1 Å². The van der Waals surface area contributed by atoms with Crippen molar-refractivity contribution in [2.24, 2.45) is 4.99 Å². The van der Waals surface area contributed by atoms with Gasteiger partial charge in [-0.2, -0.15) is 0 Å². The zero-order valence-corrected chi connectivity index (χ0v) is 5.68. The summed E-state index contributed by atoms with van der Waals surface area (Å²) in [5.41, 5.74) is 2.86. The predicted octanol–water partition coefficient (Wildman–Crippen LogP) is 0.448. The molecule has 0 amide bonds. The summed E-state index contributed by atoms with van der Waals surface area (Å²) in [6, 6.07) is 0. The number of rotatable bonds is 0. The molecule has 0 saturated carbocycles. The van der Waals surface area contributed by atoms with Gasteiger partial charge in [0.25, 0.3) is 0 Å². The van der Waals surface area contributed by atoms with Gasteiger partial charge >= 0.3 is 0 Å². The van der Waals surface area contributed by atoms with Crippen LogP contribution < -0.4 is 5.43 Å². The van der Waals surface area contributed by atoms with Crippen LogP contribution in [-0.2, 0) is 0 Å². The summed E-state index contributed by atoms with van der Waals surface area (Å²) >= 11 is 0. The first-order valence-electron chi connectivity index (χ1n) is 2.85. The van der Waals surface area contributed by atoms with Crippen LogP contribution in [0.2, 0.25) is 0 Å². The molecule has 0 radical (unpaired) electrons. The van der Waals surface area contributed by atoms with Crippen LogP contribution in [0.3, 0.4) is 0 Å². The summed E-state index contributed by atoms with van der Waals surface area (Å²) in [4.78, 5) is 3.85. The lowest BCUT2D eigenvalue weighted by Crippen LogP contribution is -2.26. The number of nitrogens with one attached hydrogen (secondary N) is 1. The van der Waals surface area contributed by atoms with Crippen LogP contribution in [0.4, 0.5) is 0 Å². The van der Waals surface area contributed by atoms with E-state index in [2.05, 4.69) is 10.4 Å². The van der Waals surface area contributed by atoms with Gasteiger partial charge in [0.05, 0.1) is 6.34 Å². The highest BCUT2D eigenvalue weighted by Gasteiger charge is 1.93. The van der Waals surface area contributed by atoms with Crippen molar-refractivity contribution in [3.8, 4) is 0 Å². The van der Waals surface area contributed by atoms with Crippen LogP contribution in [0, 0.1) is 0 Å². The fraction of sp³-hybridized carbons (Fsp3) is 0.800. The molecule has 0 aliphatic carbocycles. The second-order valence-corrected chi connectivity index (χ2v) is 1.28. The molecule has 0 bridgehead atoms. The summed E-state index contributed by atoms with van der Waals surface area (Å²) in [7, 11) is 1.94. The van der Waals surface area contributed by atoms with Crippen molar-refractivity contribution in [3.05, 3.63) is 0 Å². The van der Waals surface area contributed by atoms with Gasteiger partial charge in [-0.3, -0.25) is 4.99 Å². The molecule has 0 spiro atoms. The minimum Gasteiger partial charge on any atom is -0.308 e.